The summed E-state index contributed by atoms with van der Waals surface area (Å²) in [6, 6.07) is 3.03. The van der Waals surface area contributed by atoms with Crippen LogP contribution in [-0.2, 0) is 11.3 Å². The molecule has 0 radical (unpaired) electrons. The van der Waals surface area contributed by atoms with Crippen molar-refractivity contribution in [2.24, 2.45) is 5.41 Å². The third-order valence-electron chi connectivity index (χ3n) is 4.12. The number of ether oxygens (including phenoxy) is 1. The Morgan fingerprint density at radius 2 is 2.13 bits per heavy atom. The van der Waals surface area contributed by atoms with Gasteiger partial charge in [0.1, 0.15) is 0 Å². The number of carbonyl (C=O) groups is 1. The third kappa shape index (κ3) is 4.57. The molecule has 1 aliphatic carbocycles. The van der Waals surface area contributed by atoms with E-state index in [0.717, 1.165) is 13.1 Å². The predicted molar refractivity (Wildman–Crippen MR) is 75.7 cm³/mol. The van der Waals surface area contributed by atoms with Crippen LogP contribution in [0.25, 0.3) is 0 Å². The lowest BCUT2D eigenvalue weighted by molar-refractivity contribution is -0.154. The van der Waals surface area contributed by atoms with Crippen molar-refractivity contribution >= 4 is 5.91 Å². The maximum atomic E-state index is 12.1. The van der Waals surface area contributed by atoms with Gasteiger partial charge in [-0.15, -0.1) is 0 Å². The molecule has 1 aromatic rings. The quantitative estimate of drug-likeness (QED) is 0.864. The normalized spacial score (nSPS) is 19.3. The molecule has 0 unspecified atom stereocenters. The number of rotatable bonds is 6. The Morgan fingerprint density at radius 1 is 1.39 bits per heavy atom. The van der Waals surface area contributed by atoms with Crippen molar-refractivity contribution in [1.82, 2.24) is 15.2 Å². The number of amides is 1. The number of halogens is 3. The maximum absolute atomic E-state index is 12.1. The minimum Gasteiger partial charge on any atom is -0.468 e. The molecule has 2 aliphatic rings. The molecular weight excluding hydrogens is 311 g/mol. The van der Waals surface area contributed by atoms with E-state index in [1.807, 2.05) is 0 Å². The Hall–Kier alpha value is -1.83. The molecule has 1 aromatic heterocycles. The fourth-order valence-electron chi connectivity index (χ4n) is 2.76. The lowest BCUT2D eigenvalue weighted by Crippen LogP contribution is -2.52. The third-order valence-corrected chi connectivity index (χ3v) is 4.12. The molecule has 1 spiro atoms. The van der Waals surface area contributed by atoms with Crippen LogP contribution in [0, 0.1) is 5.41 Å². The highest BCUT2D eigenvalue weighted by Crippen LogP contribution is 2.52. The van der Waals surface area contributed by atoms with E-state index in [0.29, 0.717) is 17.5 Å². The fourth-order valence-corrected chi connectivity index (χ4v) is 2.76. The highest BCUT2D eigenvalue weighted by Gasteiger charge is 2.52. The highest BCUT2D eigenvalue weighted by molar-refractivity contribution is 5.78. The lowest BCUT2D eigenvalue weighted by Gasteiger charge is -2.39. The monoisotopic (exact) mass is 329 g/mol. The zero-order valence-electron chi connectivity index (χ0n) is 12.5. The first-order valence-electron chi connectivity index (χ1n) is 7.47. The Kier molecular flexibility index (Phi) is 4.18. The van der Waals surface area contributed by atoms with Crippen LogP contribution in [0.4, 0.5) is 13.2 Å². The molecule has 3 rings (SSSR count). The van der Waals surface area contributed by atoms with Crippen LogP contribution in [0.5, 0.6) is 5.88 Å². The molecule has 1 aliphatic heterocycles. The first-order chi connectivity index (χ1) is 10.8. The van der Waals surface area contributed by atoms with Crippen LogP contribution >= 0.6 is 0 Å². The van der Waals surface area contributed by atoms with Crippen LogP contribution < -0.4 is 10.1 Å². The molecule has 1 N–H and O–H groups in total. The van der Waals surface area contributed by atoms with Gasteiger partial charge in [0.15, 0.2) is 6.61 Å². The van der Waals surface area contributed by atoms with E-state index in [4.69, 9.17) is 0 Å². The zero-order chi connectivity index (χ0) is 16.5. The van der Waals surface area contributed by atoms with Crippen molar-refractivity contribution in [3.63, 3.8) is 0 Å². The average Bonchev–Trinajstić information content (AvgIpc) is 3.23. The number of hydrogen-bond donors (Lipinski definition) is 1. The molecular formula is C15H18F3N3O2. The SMILES string of the molecule is O=C(CN1CC2(CC2)C1)NCc1ccnc(OCC(F)(F)F)c1. The topological polar surface area (TPSA) is 54.5 Å². The summed E-state index contributed by atoms with van der Waals surface area (Å²) in [5, 5.41) is 2.76. The van der Waals surface area contributed by atoms with Gasteiger partial charge in [0, 0.05) is 31.9 Å². The standard InChI is InChI=1S/C15H18F3N3O2/c16-15(17,18)10-23-13-5-11(1-4-19-13)6-20-12(22)7-21-8-14(9-21)2-3-14/h1,4-5H,2-3,6-10H2,(H,20,22). The molecule has 2 heterocycles. The van der Waals surface area contributed by atoms with Gasteiger partial charge in [-0.25, -0.2) is 4.98 Å². The van der Waals surface area contributed by atoms with Gasteiger partial charge in [-0.1, -0.05) is 0 Å². The van der Waals surface area contributed by atoms with Crippen molar-refractivity contribution < 1.29 is 22.7 Å². The van der Waals surface area contributed by atoms with Gasteiger partial charge >= 0.3 is 6.18 Å². The molecule has 8 heteroatoms. The second-order valence-corrected chi connectivity index (χ2v) is 6.33. The van der Waals surface area contributed by atoms with Crippen LogP contribution in [0.15, 0.2) is 18.3 Å². The minimum atomic E-state index is -4.40. The van der Waals surface area contributed by atoms with Crippen LogP contribution in [0.2, 0.25) is 0 Å². The smallest absolute Gasteiger partial charge is 0.422 e. The number of pyridine rings is 1. The largest absolute Gasteiger partial charge is 0.468 e. The first-order valence-corrected chi connectivity index (χ1v) is 7.47. The number of carbonyl (C=O) groups excluding carboxylic acids is 1. The van der Waals surface area contributed by atoms with Crippen LogP contribution in [0.1, 0.15) is 18.4 Å². The Balaban J connectivity index is 1.41. The Morgan fingerprint density at radius 3 is 2.78 bits per heavy atom. The van der Waals surface area contributed by atoms with Crippen molar-refractivity contribution in [3.8, 4) is 5.88 Å². The molecule has 1 amide bonds. The van der Waals surface area contributed by atoms with E-state index >= 15 is 0 Å². The predicted octanol–water partition coefficient (Wildman–Crippen LogP) is 1.73. The van der Waals surface area contributed by atoms with E-state index < -0.39 is 12.8 Å². The van der Waals surface area contributed by atoms with E-state index in [1.165, 1.54) is 25.1 Å². The average molecular weight is 329 g/mol. The summed E-state index contributed by atoms with van der Waals surface area (Å²) in [4.78, 5) is 17.7. The van der Waals surface area contributed by atoms with E-state index in [2.05, 4.69) is 19.9 Å². The van der Waals surface area contributed by atoms with Gasteiger partial charge in [0.2, 0.25) is 11.8 Å². The zero-order valence-corrected chi connectivity index (χ0v) is 12.5. The van der Waals surface area contributed by atoms with Gasteiger partial charge < -0.3 is 10.1 Å². The molecule has 0 aromatic carbocycles. The van der Waals surface area contributed by atoms with Crippen LogP contribution in [-0.4, -0.2) is 48.2 Å². The summed E-state index contributed by atoms with van der Waals surface area (Å²) in [7, 11) is 0. The number of hydrogen-bond acceptors (Lipinski definition) is 4. The summed E-state index contributed by atoms with van der Waals surface area (Å²) < 4.78 is 40.9. The highest BCUT2D eigenvalue weighted by atomic mass is 19.4. The second-order valence-electron chi connectivity index (χ2n) is 6.33. The molecule has 1 saturated heterocycles. The van der Waals surface area contributed by atoms with Crippen molar-refractivity contribution in [3.05, 3.63) is 23.9 Å². The number of nitrogens with one attached hydrogen (secondary N) is 1. The molecule has 1 saturated carbocycles. The Bertz CT molecular complexity index is 580. The number of likely N-dealkylation sites (tertiary alicyclic amines) is 1. The van der Waals surface area contributed by atoms with Gasteiger partial charge in [0.25, 0.3) is 0 Å². The second kappa shape index (κ2) is 5.99. The Labute approximate surface area is 131 Å². The number of aromatic nitrogens is 1. The molecule has 2 fully saturated rings. The summed E-state index contributed by atoms with van der Waals surface area (Å²) in [6.07, 6.45) is -0.507. The molecule has 0 atom stereocenters. The first kappa shape index (κ1) is 16.0. The van der Waals surface area contributed by atoms with Gasteiger partial charge in [0.05, 0.1) is 6.54 Å². The van der Waals surface area contributed by atoms with Gasteiger partial charge in [-0.05, 0) is 29.9 Å². The maximum Gasteiger partial charge on any atom is 0.422 e. The van der Waals surface area contributed by atoms with Crippen molar-refractivity contribution in [2.75, 3.05) is 26.2 Å². The van der Waals surface area contributed by atoms with Crippen molar-refractivity contribution in [2.45, 2.75) is 25.6 Å². The molecule has 126 valence electrons. The fraction of sp³-hybridized carbons (Fsp3) is 0.600. The van der Waals surface area contributed by atoms with Gasteiger partial charge in [-0.3, -0.25) is 9.69 Å². The van der Waals surface area contributed by atoms with Crippen LogP contribution in [0.3, 0.4) is 0 Å². The summed E-state index contributed by atoms with van der Waals surface area (Å²) in [5.41, 5.74) is 1.16. The molecule has 0 bridgehead atoms. The van der Waals surface area contributed by atoms with E-state index in [1.54, 1.807) is 6.07 Å². The summed E-state index contributed by atoms with van der Waals surface area (Å²) >= 11 is 0. The number of alkyl halides is 3. The molecule has 23 heavy (non-hydrogen) atoms. The van der Waals surface area contributed by atoms with Crippen molar-refractivity contribution in [1.29, 1.82) is 0 Å². The van der Waals surface area contributed by atoms with E-state index in [-0.39, 0.29) is 18.3 Å². The summed E-state index contributed by atoms with van der Waals surface area (Å²) in [6.45, 7) is 1.20. The molecule has 5 nitrogen and oxygen atoms in total. The summed E-state index contributed by atoms with van der Waals surface area (Å²) in [5.74, 6) is -0.192. The van der Waals surface area contributed by atoms with Gasteiger partial charge in [-0.2, -0.15) is 13.2 Å². The minimum absolute atomic E-state index is 0.0879. The number of nitrogens with zero attached hydrogens (tertiary/aromatic N) is 2. The van der Waals surface area contributed by atoms with E-state index in [9.17, 15) is 18.0 Å². The lowest BCUT2D eigenvalue weighted by atomic mass is 9.97.